The Morgan fingerprint density at radius 2 is 2.27 bits per heavy atom. The predicted octanol–water partition coefficient (Wildman–Crippen LogP) is 1.16. The van der Waals surface area contributed by atoms with Crippen molar-refractivity contribution in [3.05, 3.63) is 29.3 Å². The van der Waals surface area contributed by atoms with Gasteiger partial charge < -0.3 is 10.8 Å². The highest BCUT2D eigenvalue weighted by Gasteiger charge is 2.09. The highest BCUT2D eigenvalue weighted by atomic mass is 35.5. The average molecular weight is 248 g/mol. The molecule has 0 saturated heterocycles. The average Bonchev–Trinajstić information content (AvgIpc) is 2.18. The van der Waals surface area contributed by atoms with Gasteiger partial charge in [-0.05, 0) is 24.6 Å². The second kappa shape index (κ2) is 6.23. The van der Waals surface area contributed by atoms with Gasteiger partial charge in [-0.3, -0.25) is 4.21 Å². The summed E-state index contributed by atoms with van der Waals surface area (Å²) in [7, 11) is -1.15. The number of aliphatic hydroxyl groups excluding tert-OH is 1. The molecule has 15 heavy (non-hydrogen) atoms. The lowest BCUT2D eigenvalue weighted by Gasteiger charge is -2.09. The van der Waals surface area contributed by atoms with E-state index in [2.05, 4.69) is 0 Å². The molecule has 0 spiro atoms. The summed E-state index contributed by atoms with van der Waals surface area (Å²) in [5.41, 5.74) is 5.67. The molecule has 1 rings (SSSR count). The van der Waals surface area contributed by atoms with Crippen molar-refractivity contribution in [1.29, 1.82) is 0 Å². The molecule has 0 aliphatic carbocycles. The van der Waals surface area contributed by atoms with Crippen LogP contribution in [0.5, 0.6) is 0 Å². The summed E-state index contributed by atoms with van der Waals surface area (Å²) in [4.78, 5) is 0.677. The summed E-state index contributed by atoms with van der Waals surface area (Å²) in [5, 5.41) is 9.23. The Morgan fingerprint density at radius 3 is 2.87 bits per heavy atom. The van der Waals surface area contributed by atoms with Crippen LogP contribution in [0.25, 0.3) is 0 Å². The highest BCUT2D eigenvalue weighted by molar-refractivity contribution is 7.85. The molecule has 0 aliphatic heterocycles. The van der Waals surface area contributed by atoms with Gasteiger partial charge in [0.15, 0.2) is 0 Å². The number of benzene rings is 1. The van der Waals surface area contributed by atoms with Crippen LogP contribution >= 0.6 is 11.6 Å². The lowest BCUT2D eigenvalue weighted by molar-refractivity contribution is 0.279. The molecule has 0 bridgehead atoms. The van der Waals surface area contributed by atoms with E-state index in [9.17, 15) is 4.21 Å². The van der Waals surface area contributed by atoms with Gasteiger partial charge in [0.2, 0.25) is 0 Å². The molecule has 0 aromatic heterocycles. The second-order valence-electron chi connectivity index (χ2n) is 3.24. The Balaban J connectivity index is 2.61. The van der Waals surface area contributed by atoms with Crippen LogP contribution in [0.3, 0.4) is 0 Å². The van der Waals surface area contributed by atoms with Gasteiger partial charge in [0, 0.05) is 28.3 Å². The third kappa shape index (κ3) is 4.30. The monoisotopic (exact) mass is 247 g/mol. The van der Waals surface area contributed by atoms with Crippen LogP contribution in [0.1, 0.15) is 6.42 Å². The second-order valence-corrected chi connectivity index (χ2v) is 5.17. The molecule has 0 aliphatic rings. The molecule has 84 valence electrons. The predicted molar refractivity (Wildman–Crippen MR) is 62.4 cm³/mol. The topological polar surface area (TPSA) is 63.3 Å². The van der Waals surface area contributed by atoms with Crippen LogP contribution in [0.15, 0.2) is 29.2 Å². The van der Waals surface area contributed by atoms with E-state index in [1.54, 1.807) is 24.3 Å². The first-order chi connectivity index (χ1) is 7.13. The Kier molecular flexibility index (Phi) is 5.25. The van der Waals surface area contributed by atoms with Gasteiger partial charge in [-0.15, -0.1) is 0 Å². The van der Waals surface area contributed by atoms with E-state index in [0.717, 1.165) is 0 Å². The Hall–Kier alpha value is -0.420. The van der Waals surface area contributed by atoms with Crippen LogP contribution in [0.2, 0.25) is 5.02 Å². The number of hydrogen-bond acceptors (Lipinski definition) is 3. The molecule has 0 fully saturated rings. The molecule has 2 unspecified atom stereocenters. The van der Waals surface area contributed by atoms with E-state index < -0.39 is 10.8 Å². The summed E-state index contributed by atoms with van der Waals surface area (Å²) < 4.78 is 11.8. The Morgan fingerprint density at radius 1 is 1.53 bits per heavy atom. The molecule has 0 heterocycles. The van der Waals surface area contributed by atoms with E-state index in [1.165, 1.54) is 0 Å². The van der Waals surface area contributed by atoms with Crippen LogP contribution in [-0.2, 0) is 10.8 Å². The quantitative estimate of drug-likeness (QED) is 0.821. The zero-order valence-electron chi connectivity index (χ0n) is 8.23. The standard InChI is InChI=1S/C10H14ClNO2S/c11-8-2-1-3-10(6-8)15(14)7-9(12)4-5-13/h1-3,6,9,13H,4-5,7,12H2. The number of halogens is 1. The first-order valence-electron chi connectivity index (χ1n) is 4.64. The van der Waals surface area contributed by atoms with Crippen molar-refractivity contribution >= 4 is 22.4 Å². The molecule has 5 heteroatoms. The molecular weight excluding hydrogens is 234 g/mol. The molecule has 1 aromatic rings. The maximum absolute atomic E-state index is 11.8. The van der Waals surface area contributed by atoms with E-state index >= 15 is 0 Å². The number of aliphatic hydroxyl groups is 1. The van der Waals surface area contributed by atoms with E-state index in [-0.39, 0.29) is 12.6 Å². The van der Waals surface area contributed by atoms with Gasteiger partial charge in [0.1, 0.15) is 0 Å². The van der Waals surface area contributed by atoms with Crippen molar-refractivity contribution in [3.8, 4) is 0 Å². The first kappa shape index (κ1) is 12.6. The van der Waals surface area contributed by atoms with Gasteiger partial charge >= 0.3 is 0 Å². The van der Waals surface area contributed by atoms with Crippen molar-refractivity contribution in [1.82, 2.24) is 0 Å². The third-order valence-corrected chi connectivity index (χ3v) is 3.67. The summed E-state index contributed by atoms with van der Waals surface area (Å²) in [6.45, 7) is 0.0217. The summed E-state index contributed by atoms with van der Waals surface area (Å²) in [5.74, 6) is 0.348. The summed E-state index contributed by atoms with van der Waals surface area (Å²) >= 11 is 5.78. The minimum atomic E-state index is -1.15. The van der Waals surface area contributed by atoms with E-state index in [1.807, 2.05) is 0 Å². The maximum atomic E-state index is 11.8. The minimum Gasteiger partial charge on any atom is -0.396 e. The largest absolute Gasteiger partial charge is 0.396 e. The van der Waals surface area contributed by atoms with Crippen LogP contribution in [0.4, 0.5) is 0 Å². The molecule has 0 saturated carbocycles. The highest BCUT2D eigenvalue weighted by Crippen LogP contribution is 2.14. The molecule has 3 nitrogen and oxygen atoms in total. The van der Waals surface area contributed by atoms with E-state index in [4.69, 9.17) is 22.4 Å². The van der Waals surface area contributed by atoms with Crippen molar-refractivity contribution in [2.45, 2.75) is 17.4 Å². The molecule has 1 aromatic carbocycles. The van der Waals surface area contributed by atoms with Crippen molar-refractivity contribution in [2.24, 2.45) is 5.73 Å². The minimum absolute atomic E-state index is 0.0217. The first-order valence-corrected chi connectivity index (χ1v) is 6.33. The van der Waals surface area contributed by atoms with Crippen molar-refractivity contribution in [2.75, 3.05) is 12.4 Å². The zero-order chi connectivity index (χ0) is 11.3. The number of nitrogens with two attached hydrogens (primary N) is 1. The van der Waals surface area contributed by atoms with Gasteiger partial charge in [-0.2, -0.15) is 0 Å². The van der Waals surface area contributed by atoms with Gasteiger partial charge in [-0.1, -0.05) is 17.7 Å². The van der Waals surface area contributed by atoms with Crippen LogP contribution in [-0.4, -0.2) is 27.7 Å². The van der Waals surface area contributed by atoms with Gasteiger partial charge in [0.25, 0.3) is 0 Å². The fourth-order valence-electron chi connectivity index (χ4n) is 1.15. The number of rotatable bonds is 5. The van der Waals surface area contributed by atoms with Crippen molar-refractivity contribution < 1.29 is 9.32 Å². The third-order valence-electron chi connectivity index (χ3n) is 1.92. The maximum Gasteiger partial charge on any atom is 0.0545 e. The SMILES string of the molecule is NC(CCO)CS(=O)c1cccc(Cl)c1. The molecule has 0 amide bonds. The zero-order valence-corrected chi connectivity index (χ0v) is 9.80. The Bertz CT molecular complexity index is 346. The molecule has 2 atom stereocenters. The van der Waals surface area contributed by atoms with E-state index in [0.29, 0.717) is 22.1 Å². The fourth-order valence-corrected chi connectivity index (χ4v) is 2.64. The number of hydrogen-bond donors (Lipinski definition) is 2. The normalized spacial score (nSPS) is 14.9. The van der Waals surface area contributed by atoms with Crippen molar-refractivity contribution in [3.63, 3.8) is 0 Å². The smallest absolute Gasteiger partial charge is 0.0545 e. The van der Waals surface area contributed by atoms with Gasteiger partial charge in [-0.25, -0.2) is 0 Å². The van der Waals surface area contributed by atoms with Crippen LogP contribution in [0, 0.1) is 0 Å². The lowest BCUT2D eigenvalue weighted by Crippen LogP contribution is -2.28. The molecular formula is C10H14ClNO2S. The van der Waals surface area contributed by atoms with Gasteiger partial charge in [0.05, 0.1) is 10.8 Å². The molecule has 3 N–H and O–H groups in total. The molecule has 0 radical (unpaired) electrons. The lowest BCUT2D eigenvalue weighted by atomic mass is 10.3. The summed E-state index contributed by atoms with van der Waals surface area (Å²) in [6.07, 6.45) is 0.465. The fraction of sp³-hybridized carbons (Fsp3) is 0.400. The van der Waals surface area contributed by atoms with Crippen LogP contribution < -0.4 is 5.73 Å². The summed E-state index contributed by atoms with van der Waals surface area (Å²) in [6, 6.07) is 6.68. The Labute approximate surface area is 96.7 Å².